The van der Waals surface area contributed by atoms with E-state index in [0.717, 1.165) is 25.7 Å². The molecule has 0 amide bonds. The highest BCUT2D eigenvalue weighted by Crippen LogP contribution is 2.19. The Morgan fingerprint density at radius 1 is 1.12 bits per heavy atom. The maximum Gasteiger partial charge on any atom is 0.282 e. The lowest BCUT2D eigenvalue weighted by Gasteiger charge is -2.36. The molecular formula is C11H22N2O3S. The van der Waals surface area contributed by atoms with Gasteiger partial charge in [-0.05, 0) is 19.3 Å². The van der Waals surface area contributed by atoms with Crippen molar-refractivity contribution in [3.05, 3.63) is 0 Å². The molecule has 0 bridgehead atoms. The summed E-state index contributed by atoms with van der Waals surface area (Å²) in [4.78, 5) is 0. The Morgan fingerprint density at radius 2 is 1.82 bits per heavy atom. The predicted octanol–water partition coefficient (Wildman–Crippen LogP) is 0.828. The maximum atomic E-state index is 12.4. The van der Waals surface area contributed by atoms with Gasteiger partial charge in [0, 0.05) is 26.2 Å². The van der Waals surface area contributed by atoms with Gasteiger partial charge in [-0.2, -0.15) is 17.0 Å². The lowest BCUT2D eigenvalue weighted by molar-refractivity contribution is -0.00467. The average Bonchev–Trinajstić information content (AvgIpc) is 2.40. The van der Waals surface area contributed by atoms with Gasteiger partial charge in [0.2, 0.25) is 0 Å². The first-order valence-electron chi connectivity index (χ1n) is 6.51. The van der Waals surface area contributed by atoms with E-state index in [1.54, 1.807) is 8.61 Å². The summed E-state index contributed by atoms with van der Waals surface area (Å²) in [6.45, 7) is 4.91. The number of rotatable bonds is 3. The molecule has 2 aliphatic rings. The Morgan fingerprint density at radius 3 is 2.47 bits per heavy atom. The van der Waals surface area contributed by atoms with Crippen molar-refractivity contribution < 1.29 is 13.2 Å². The standard InChI is InChI=1S/C11H22N2O3S/c1-2-11-10-13(8-9-16-11)17(14,15)12-6-4-3-5-7-12/h11H,2-10H2,1H3/t11-/m1/s1. The third kappa shape index (κ3) is 2.99. The van der Waals surface area contributed by atoms with Crippen molar-refractivity contribution in [2.24, 2.45) is 0 Å². The number of piperidine rings is 1. The van der Waals surface area contributed by atoms with Crippen LogP contribution in [0.25, 0.3) is 0 Å². The van der Waals surface area contributed by atoms with Crippen LogP contribution in [-0.4, -0.2) is 55.9 Å². The second-order valence-electron chi connectivity index (χ2n) is 4.73. The van der Waals surface area contributed by atoms with Crippen LogP contribution in [0.1, 0.15) is 32.6 Å². The molecule has 5 nitrogen and oxygen atoms in total. The van der Waals surface area contributed by atoms with Crippen molar-refractivity contribution in [3.63, 3.8) is 0 Å². The van der Waals surface area contributed by atoms with E-state index in [9.17, 15) is 8.42 Å². The van der Waals surface area contributed by atoms with Gasteiger partial charge < -0.3 is 4.74 Å². The lowest BCUT2D eigenvalue weighted by atomic mass is 10.2. The second-order valence-corrected chi connectivity index (χ2v) is 6.66. The highest BCUT2D eigenvalue weighted by molar-refractivity contribution is 7.86. The molecule has 0 aromatic heterocycles. The minimum atomic E-state index is -3.24. The van der Waals surface area contributed by atoms with E-state index in [2.05, 4.69) is 0 Å². The summed E-state index contributed by atoms with van der Waals surface area (Å²) in [5.74, 6) is 0. The third-order valence-corrected chi connectivity index (χ3v) is 5.53. The molecule has 0 aliphatic carbocycles. The zero-order valence-electron chi connectivity index (χ0n) is 10.5. The van der Waals surface area contributed by atoms with Crippen molar-refractivity contribution in [1.29, 1.82) is 0 Å². The Labute approximate surface area is 104 Å². The highest BCUT2D eigenvalue weighted by Gasteiger charge is 2.33. The van der Waals surface area contributed by atoms with E-state index in [0.29, 0.717) is 32.8 Å². The number of ether oxygens (including phenoxy) is 1. The Hall–Kier alpha value is -0.170. The van der Waals surface area contributed by atoms with Crippen molar-refractivity contribution in [2.45, 2.75) is 38.7 Å². The van der Waals surface area contributed by atoms with Crippen LogP contribution in [0.3, 0.4) is 0 Å². The summed E-state index contributed by atoms with van der Waals surface area (Å²) in [6, 6.07) is 0. The van der Waals surface area contributed by atoms with Crippen LogP contribution < -0.4 is 0 Å². The monoisotopic (exact) mass is 262 g/mol. The number of hydrogen-bond donors (Lipinski definition) is 0. The number of morpholine rings is 1. The molecule has 0 saturated carbocycles. The third-order valence-electron chi connectivity index (χ3n) is 3.52. The summed E-state index contributed by atoms with van der Waals surface area (Å²) in [6.07, 6.45) is 4.05. The summed E-state index contributed by atoms with van der Waals surface area (Å²) >= 11 is 0. The van der Waals surface area contributed by atoms with Crippen LogP contribution in [0.4, 0.5) is 0 Å². The van der Waals surface area contributed by atoms with Gasteiger partial charge in [0.1, 0.15) is 0 Å². The van der Waals surface area contributed by atoms with Crippen LogP contribution >= 0.6 is 0 Å². The molecule has 2 aliphatic heterocycles. The molecule has 2 rings (SSSR count). The molecule has 0 aromatic carbocycles. The minimum Gasteiger partial charge on any atom is -0.375 e. The first kappa shape index (κ1) is 13.3. The molecule has 0 radical (unpaired) electrons. The molecule has 0 unspecified atom stereocenters. The molecule has 0 N–H and O–H groups in total. The predicted molar refractivity (Wildman–Crippen MR) is 65.9 cm³/mol. The molecule has 2 saturated heterocycles. The van der Waals surface area contributed by atoms with E-state index < -0.39 is 10.2 Å². The maximum absolute atomic E-state index is 12.4. The van der Waals surface area contributed by atoms with Gasteiger partial charge in [0.25, 0.3) is 10.2 Å². The minimum absolute atomic E-state index is 0.0586. The van der Waals surface area contributed by atoms with Crippen molar-refractivity contribution in [1.82, 2.24) is 8.61 Å². The van der Waals surface area contributed by atoms with Crippen LogP contribution in [0.5, 0.6) is 0 Å². The zero-order chi connectivity index (χ0) is 12.3. The molecule has 2 heterocycles. The average molecular weight is 262 g/mol. The van der Waals surface area contributed by atoms with E-state index in [4.69, 9.17) is 4.74 Å². The first-order valence-corrected chi connectivity index (χ1v) is 7.91. The normalized spacial score (nSPS) is 29.4. The first-order chi connectivity index (χ1) is 8.14. The summed E-state index contributed by atoms with van der Waals surface area (Å²) in [5.41, 5.74) is 0. The van der Waals surface area contributed by atoms with E-state index in [1.165, 1.54) is 0 Å². The molecule has 6 heteroatoms. The highest BCUT2D eigenvalue weighted by atomic mass is 32.2. The summed E-state index contributed by atoms with van der Waals surface area (Å²) in [5, 5.41) is 0. The Bertz CT molecular complexity index is 339. The molecule has 0 spiro atoms. The van der Waals surface area contributed by atoms with Gasteiger partial charge in [0.05, 0.1) is 12.7 Å². The molecule has 100 valence electrons. The second kappa shape index (κ2) is 5.65. The van der Waals surface area contributed by atoms with Crippen LogP contribution in [0, 0.1) is 0 Å². The summed E-state index contributed by atoms with van der Waals surface area (Å²) < 4.78 is 33.5. The smallest absolute Gasteiger partial charge is 0.282 e. The van der Waals surface area contributed by atoms with Crippen molar-refractivity contribution >= 4 is 10.2 Å². The fraction of sp³-hybridized carbons (Fsp3) is 1.00. The van der Waals surface area contributed by atoms with E-state index >= 15 is 0 Å². The van der Waals surface area contributed by atoms with Gasteiger partial charge in [0.15, 0.2) is 0 Å². The van der Waals surface area contributed by atoms with E-state index in [-0.39, 0.29) is 6.10 Å². The largest absolute Gasteiger partial charge is 0.375 e. The summed E-state index contributed by atoms with van der Waals surface area (Å²) in [7, 11) is -3.24. The molecule has 17 heavy (non-hydrogen) atoms. The molecular weight excluding hydrogens is 240 g/mol. The van der Waals surface area contributed by atoms with Crippen LogP contribution in [0.2, 0.25) is 0 Å². The van der Waals surface area contributed by atoms with Gasteiger partial charge in [-0.1, -0.05) is 13.3 Å². The SMILES string of the molecule is CC[C@@H]1CN(S(=O)(=O)N2CCCCC2)CCO1. The number of nitrogens with zero attached hydrogens (tertiary/aromatic N) is 2. The van der Waals surface area contributed by atoms with Crippen molar-refractivity contribution in [2.75, 3.05) is 32.8 Å². The quantitative estimate of drug-likeness (QED) is 0.757. The molecule has 2 fully saturated rings. The molecule has 1 atom stereocenters. The fourth-order valence-electron chi connectivity index (χ4n) is 2.41. The van der Waals surface area contributed by atoms with Gasteiger partial charge in [-0.15, -0.1) is 0 Å². The van der Waals surface area contributed by atoms with Crippen LogP contribution in [-0.2, 0) is 14.9 Å². The topological polar surface area (TPSA) is 49.9 Å². The van der Waals surface area contributed by atoms with Gasteiger partial charge >= 0.3 is 0 Å². The fourth-order valence-corrected chi connectivity index (χ4v) is 4.11. The van der Waals surface area contributed by atoms with Gasteiger partial charge in [-0.25, -0.2) is 0 Å². The van der Waals surface area contributed by atoms with Crippen molar-refractivity contribution in [3.8, 4) is 0 Å². The Balaban J connectivity index is 2.03. The van der Waals surface area contributed by atoms with E-state index in [1.807, 2.05) is 6.92 Å². The Kier molecular flexibility index (Phi) is 4.41. The van der Waals surface area contributed by atoms with Crippen LogP contribution in [0.15, 0.2) is 0 Å². The number of hydrogen-bond acceptors (Lipinski definition) is 3. The zero-order valence-corrected chi connectivity index (χ0v) is 11.3. The van der Waals surface area contributed by atoms with Gasteiger partial charge in [-0.3, -0.25) is 0 Å². The molecule has 0 aromatic rings. The lowest BCUT2D eigenvalue weighted by Crippen LogP contribution is -2.52.